The molecule has 0 spiro atoms. The monoisotopic (exact) mass is 426 g/mol. The van der Waals surface area contributed by atoms with Crippen LogP contribution in [0.1, 0.15) is 41.7 Å². The van der Waals surface area contributed by atoms with Crippen LogP contribution in [0.4, 0.5) is 0 Å². The van der Waals surface area contributed by atoms with E-state index in [9.17, 15) is 0 Å². The van der Waals surface area contributed by atoms with Crippen LogP contribution in [0, 0.1) is 17.4 Å². The maximum Gasteiger partial charge on any atom is 0.170 e. The first kappa shape index (κ1) is 15.7. The largest absolute Gasteiger partial charge is 0.362 e. The predicted octanol–water partition coefficient (Wildman–Crippen LogP) is 3.62. The van der Waals surface area contributed by atoms with Crippen LogP contribution >= 0.6 is 34.8 Å². The fraction of sp³-hybridized carbons (Fsp3) is 0.375. The van der Waals surface area contributed by atoms with Crippen molar-refractivity contribution < 1.29 is 0 Å². The molecule has 2 aromatic heterocycles. The highest BCUT2D eigenvalue weighted by atomic mass is 127. The highest BCUT2D eigenvalue weighted by Gasteiger charge is 2.41. The lowest BCUT2D eigenvalue weighted by Crippen LogP contribution is -2.29. The second-order valence-electron chi connectivity index (χ2n) is 5.52. The van der Waals surface area contributed by atoms with Gasteiger partial charge in [0, 0.05) is 33.3 Å². The molecule has 1 fully saturated rings. The Morgan fingerprint density at radius 1 is 1.32 bits per heavy atom. The van der Waals surface area contributed by atoms with Gasteiger partial charge in [0.2, 0.25) is 0 Å². The third-order valence-electron chi connectivity index (χ3n) is 4.18. The van der Waals surface area contributed by atoms with Gasteiger partial charge in [0.1, 0.15) is 0 Å². The number of halogens is 1. The van der Waals surface area contributed by atoms with Gasteiger partial charge < -0.3 is 15.2 Å². The minimum atomic E-state index is 0.0797. The van der Waals surface area contributed by atoms with Crippen LogP contribution in [0.15, 0.2) is 24.4 Å². The van der Waals surface area contributed by atoms with Gasteiger partial charge in [-0.2, -0.15) is 0 Å². The number of nitrogens with zero attached hydrogens (tertiary/aromatic N) is 2. The molecule has 2 atom stereocenters. The Kier molecular flexibility index (Phi) is 4.40. The maximum atomic E-state index is 5.56. The average molecular weight is 426 g/mol. The number of hydrogen-bond donors (Lipinski definition) is 2. The molecule has 6 heteroatoms. The molecule has 1 aliphatic rings. The van der Waals surface area contributed by atoms with Gasteiger partial charge in [0.05, 0.1) is 17.8 Å². The van der Waals surface area contributed by atoms with Crippen LogP contribution in [0.5, 0.6) is 0 Å². The summed E-state index contributed by atoms with van der Waals surface area (Å²) >= 11 is 7.99. The summed E-state index contributed by atoms with van der Waals surface area (Å²) < 4.78 is 1.28. The summed E-state index contributed by atoms with van der Waals surface area (Å²) in [5, 5.41) is 4.26. The van der Waals surface area contributed by atoms with Crippen molar-refractivity contribution >= 4 is 39.9 Å². The van der Waals surface area contributed by atoms with E-state index in [1.165, 1.54) is 20.5 Å². The van der Waals surface area contributed by atoms with E-state index in [-0.39, 0.29) is 12.1 Å². The van der Waals surface area contributed by atoms with Crippen LogP contribution < -0.4 is 5.32 Å². The number of rotatable bonds is 3. The van der Waals surface area contributed by atoms with Crippen molar-refractivity contribution in [1.82, 2.24) is 20.2 Å². The molecule has 1 aliphatic heterocycles. The number of nitrogens with one attached hydrogen (secondary N) is 2. The van der Waals surface area contributed by atoms with Gasteiger partial charge in [-0.1, -0.05) is 6.07 Å². The molecule has 22 heavy (non-hydrogen) atoms. The number of thiocarbonyl (C=S) groups is 1. The van der Waals surface area contributed by atoms with E-state index in [1.807, 2.05) is 18.3 Å². The van der Waals surface area contributed by atoms with Gasteiger partial charge >= 0.3 is 0 Å². The third-order valence-corrected chi connectivity index (χ3v) is 5.92. The van der Waals surface area contributed by atoms with E-state index in [2.05, 4.69) is 69.6 Å². The number of likely N-dealkylation sites (N-methyl/N-ethyl adjacent to an activating group) is 1. The topological polar surface area (TPSA) is 44.0 Å². The highest BCUT2D eigenvalue weighted by Crippen LogP contribution is 2.42. The summed E-state index contributed by atoms with van der Waals surface area (Å²) in [6, 6.07) is 6.28. The lowest BCUT2D eigenvalue weighted by Gasteiger charge is -2.27. The van der Waals surface area contributed by atoms with Gasteiger partial charge in [0.25, 0.3) is 0 Å². The summed E-state index contributed by atoms with van der Waals surface area (Å²) in [5.41, 5.74) is 4.77. The number of H-pyrrole nitrogens is 1. The fourth-order valence-electron chi connectivity index (χ4n) is 3.18. The van der Waals surface area contributed by atoms with Crippen molar-refractivity contribution in [3.63, 3.8) is 0 Å². The summed E-state index contributed by atoms with van der Waals surface area (Å²) in [6.45, 7) is 7.27. The fourth-order valence-corrected chi connectivity index (χ4v) is 4.41. The molecular weight excluding hydrogens is 407 g/mol. The molecule has 116 valence electrons. The molecule has 2 N–H and O–H groups in total. The first-order chi connectivity index (χ1) is 10.5. The smallest absolute Gasteiger partial charge is 0.170 e. The second-order valence-corrected chi connectivity index (χ2v) is 6.98. The van der Waals surface area contributed by atoms with E-state index in [4.69, 9.17) is 12.2 Å². The molecule has 0 amide bonds. The first-order valence-electron chi connectivity index (χ1n) is 7.37. The predicted molar refractivity (Wildman–Crippen MR) is 101 cm³/mol. The zero-order valence-electron chi connectivity index (χ0n) is 12.9. The number of hydrogen-bond acceptors (Lipinski definition) is 2. The van der Waals surface area contributed by atoms with Crippen LogP contribution in [0.2, 0.25) is 0 Å². The van der Waals surface area contributed by atoms with E-state index >= 15 is 0 Å². The Balaban J connectivity index is 2.12. The zero-order chi connectivity index (χ0) is 15.9. The van der Waals surface area contributed by atoms with Gasteiger partial charge in [-0.05, 0) is 67.7 Å². The summed E-state index contributed by atoms with van der Waals surface area (Å²) in [5.74, 6) is 0. The Morgan fingerprint density at radius 2 is 2.09 bits per heavy atom. The second kappa shape index (κ2) is 6.16. The quantitative estimate of drug-likeness (QED) is 0.582. The normalized spacial score (nSPS) is 21.3. The van der Waals surface area contributed by atoms with Crippen molar-refractivity contribution in [1.29, 1.82) is 0 Å². The lowest BCUT2D eigenvalue weighted by atomic mass is 9.97. The van der Waals surface area contributed by atoms with E-state index in [1.54, 1.807) is 0 Å². The molecule has 0 bridgehead atoms. The van der Waals surface area contributed by atoms with Crippen molar-refractivity contribution in [2.75, 3.05) is 6.54 Å². The average Bonchev–Trinajstić information content (AvgIpc) is 2.96. The molecule has 0 radical (unpaired) electrons. The minimum Gasteiger partial charge on any atom is -0.362 e. The molecule has 2 unspecified atom stereocenters. The lowest BCUT2D eigenvalue weighted by molar-refractivity contribution is 0.328. The van der Waals surface area contributed by atoms with E-state index < -0.39 is 0 Å². The third kappa shape index (κ3) is 2.52. The highest BCUT2D eigenvalue weighted by molar-refractivity contribution is 14.1. The summed E-state index contributed by atoms with van der Waals surface area (Å²) in [6.07, 6.45) is 1.84. The number of aromatic amines is 1. The first-order valence-corrected chi connectivity index (χ1v) is 8.86. The van der Waals surface area contributed by atoms with Gasteiger partial charge in [-0.15, -0.1) is 0 Å². The molecule has 2 aromatic rings. The molecule has 0 aromatic carbocycles. The number of aromatic nitrogens is 2. The Labute approximate surface area is 149 Å². The number of aryl methyl sites for hydroxylation is 2. The van der Waals surface area contributed by atoms with Crippen LogP contribution in [-0.2, 0) is 0 Å². The molecule has 3 rings (SSSR count). The van der Waals surface area contributed by atoms with Crippen LogP contribution in [0.25, 0.3) is 0 Å². The standard InChI is InChI=1S/C16H19IN4S/c1-4-21-15(12-9(2)19-10(3)13(12)17)14(20-16(21)22)11-7-5-6-8-18-11/h5-8,14-15,19H,4H2,1-3H3,(H,20,22). The Morgan fingerprint density at radius 3 is 2.64 bits per heavy atom. The number of pyridine rings is 1. The summed E-state index contributed by atoms with van der Waals surface area (Å²) in [7, 11) is 0. The van der Waals surface area contributed by atoms with E-state index in [0.29, 0.717) is 0 Å². The van der Waals surface area contributed by atoms with Crippen molar-refractivity contribution in [3.8, 4) is 0 Å². The van der Waals surface area contributed by atoms with Crippen LogP contribution in [0.3, 0.4) is 0 Å². The van der Waals surface area contributed by atoms with E-state index in [0.717, 1.165) is 17.4 Å². The molecule has 1 saturated heterocycles. The molecule has 3 heterocycles. The van der Waals surface area contributed by atoms with Crippen molar-refractivity contribution in [2.45, 2.75) is 32.9 Å². The zero-order valence-corrected chi connectivity index (χ0v) is 15.8. The SMILES string of the molecule is CCN1C(=S)NC(c2ccccn2)C1c1c(C)[nH]c(C)c1I. The summed E-state index contributed by atoms with van der Waals surface area (Å²) in [4.78, 5) is 10.3. The molecular formula is C16H19IN4S. The molecule has 4 nitrogen and oxygen atoms in total. The van der Waals surface area contributed by atoms with Crippen molar-refractivity contribution in [3.05, 3.63) is 50.6 Å². The Hall–Kier alpha value is -1.15. The molecule has 0 aliphatic carbocycles. The maximum absolute atomic E-state index is 5.56. The minimum absolute atomic E-state index is 0.0797. The van der Waals surface area contributed by atoms with Gasteiger partial charge in [-0.3, -0.25) is 4.98 Å². The van der Waals surface area contributed by atoms with Gasteiger partial charge in [-0.25, -0.2) is 0 Å². The molecule has 0 saturated carbocycles. The van der Waals surface area contributed by atoms with Crippen LogP contribution in [-0.4, -0.2) is 26.5 Å². The van der Waals surface area contributed by atoms with Gasteiger partial charge in [0.15, 0.2) is 5.11 Å². The Bertz CT molecular complexity index is 698. The van der Waals surface area contributed by atoms with Crippen molar-refractivity contribution in [2.24, 2.45) is 0 Å².